The Balaban J connectivity index is 1.82. The molecule has 0 unspecified atom stereocenters. The molecule has 0 aliphatic rings. The molecule has 2 heterocycles. The molecule has 0 saturated carbocycles. The summed E-state index contributed by atoms with van der Waals surface area (Å²) in [6, 6.07) is 3.59. The third kappa shape index (κ3) is 4.36. The van der Waals surface area contributed by atoms with Crippen molar-refractivity contribution in [3.8, 4) is 0 Å². The van der Waals surface area contributed by atoms with Crippen LogP contribution in [0.1, 0.15) is 24.3 Å². The molecule has 0 fully saturated rings. The lowest BCUT2D eigenvalue weighted by Gasteiger charge is -2.03. The van der Waals surface area contributed by atoms with E-state index in [1.807, 2.05) is 6.07 Å². The highest BCUT2D eigenvalue weighted by Crippen LogP contribution is 2.26. The predicted molar refractivity (Wildman–Crippen MR) is 79.1 cm³/mol. The average Bonchev–Trinajstić information content (AvgIpc) is 3.04. The zero-order chi connectivity index (χ0) is 13.7. The van der Waals surface area contributed by atoms with Crippen LogP contribution in [0.25, 0.3) is 0 Å². The molecular weight excluding hydrogens is 280 g/mol. The van der Waals surface area contributed by atoms with Crippen LogP contribution in [0, 0.1) is 5.92 Å². The summed E-state index contributed by atoms with van der Waals surface area (Å²) in [6.07, 6.45) is 1.75. The molecule has 0 radical (unpaired) electrons. The van der Waals surface area contributed by atoms with E-state index in [0.29, 0.717) is 17.4 Å². The van der Waals surface area contributed by atoms with Gasteiger partial charge in [0.1, 0.15) is 0 Å². The van der Waals surface area contributed by atoms with Gasteiger partial charge in [0.25, 0.3) is 0 Å². The zero-order valence-corrected chi connectivity index (χ0v) is 12.5. The maximum absolute atomic E-state index is 11.8. The molecule has 0 aliphatic carbocycles. The van der Waals surface area contributed by atoms with Crippen molar-refractivity contribution in [3.63, 3.8) is 0 Å². The number of anilines is 1. The molecule has 2 aromatic rings. The molecule has 0 bridgehead atoms. The monoisotopic (exact) mass is 296 g/mol. The minimum atomic E-state index is 0.0712. The Kier molecular flexibility index (Phi) is 4.98. The van der Waals surface area contributed by atoms with Crippen LogP contribution in [0.3, 0.4) is 0 Å². The quantitative estimate of drug-likeness (QED) is 0.607. The standard InChI is InChI=1S/C12H16N4OS2/c1-8(2)6-14-11-15-16-12(19-11)18-7-10(17)9-4-3-5-13-9/h3-5,8,13H,6-7H2,1-2H3,(H,14,15). The average molecular weight is 296 g/mol. The van der Waals surface area contributed by atoms with Gasteiger partial charge in [0, 0.05) is 12.7 Å². The first-order valence-electron chi connectivity index (χ1n) is 6.02. The van der Waals surface area contributed by atoms with Gasteiger partial charge in [0.2, 0.25) is 5.13 Å². The fourth-order valence-electron chi connectivity index (χ4n) is 1.34. The summed E-state index contributed by atoms with van der Waals surface area (Å²) in [6.45, 7) is 5.15. The van der Waals surface area contributed by atoms with Gasteiger partial charge in [-0.25, -0.2) is 0 Å². The van der Waals surface area contributed by atoms with E-state index >= 15 is 0 Å². The maximum atomic E-state index is 11.8. The highest BCUT2D eigenvalue weighted by molar-refractivity contribution is 8.01. The van der Waals surface area contributed by atoms with Crippen molar-refractivity contribution in [1.29, 1.82) is 0 Å². The number of ketones is 1. The number of thioether (sulfide) groups is 1. The van der Waals surface area contributed by atoms with Crippen LogP contribution in [0.4, 0.5) is 5.13 Å². The van der Waals surface area contributed by atoms with Crippen molar-refractivity contribution in [1.82, 2.24) is 15.2 Å². The number of carbonyl (C=O) groups excluding carboxylic acids is 1. The summed E-state index contributed by atoms with van der Waals surface area (Å²) in [7, 11) is 0. The van der Waals surface area contributed by atoms with Crippen molar-refractivity contribution in [2.24, 2.45) is 5.92 Å². The SMILES string of the molecule is CC(C)CNc1nnc(SCC(=O)c2ccc[nH]2)s1. The summed E-state index contributed by atoms with van der Waals surface area (Å²) in [5.41, 5.74) is 0.634. The van der Waals surface area contributed by atoms with Crippen molar-refractivity contribution in [2.45, 2.75) is 18.2 Å². The van der Waals surface area contributed by atoms with Gasteiger partial charge in [-0.3, -0.25) is 4.79 Å². The Morgan fingerprint density at radius 2 is 2.37 bits per heavy atom. The van der Waals surface area contributed by atoms with Gasteiger partial charge in [-0.05, 0) is 18.1 Å². The van der Waals surface area contributed by atoms with Gasteiger partial charge < -0.3 is 10.3 Å². The van der Waals surface area contributed by atoms with Crippen LogP contribution in [0.5, 0.6) is 0 Å². The number of aromatic amines is 1. The van der Waals surface area contributed by atoms with E-state index in [1.54, 1.807) is 12.3 Å². The first kappa shape index (κ1) is 14.1. The van der Waals surface area contributed by atoms with E-state index in [9.17, 15) is 4.79 Å². The van der Waals surface area contributed by atoms with Gasteiger partial charge in [-0.1, -0.05) is 36.9 Å². The second-order valence-electron chi connectivity index (χ2n) is 4.44. The van der Waals surface area contributed by atoms with Crippen molar-refractivity contribution in [2.75, 3.05) is 17.6 Å². The molecule has 0 spiro atoms. The molecule has 0 saturated heterocycles. The van der Waals surface area contributed by atoms with Crippen LogP contribution < -0.4 is 5.32 Å². The van der Waals surface area contributed by atoms with E-state index in [4.69, 9.17) is 0 Å². The molecule has 2 rings (SSSR count). The number of Topliss-reactive ketones (excluding diaryl/α,β-unsaturated/α-hetero) is 1. The third-order valence-corrected chi connectivity index (χ3v) is 4.31. The predicted octanol–water partition coefficient (Wildman–Crippen LogP) is 2.91. The van der Waals surface area contributed by atoms with Crippen molar-refractivity contribution in [3.05, 3.63) is 24.0 Å². The molecule has 7 heteroatoms. The number of aromatic nitrogens is 3. The van der Waals surface area contributed by atoms with E-state index in [1.165, 1.54) is 23.1 Å². The second-order valence-corrected chi connectivity index (χ2v) is 6.64. The highest BCUT2D eigenvalue weighted by Gasteiger charge is 2.10. The largest absolute Gasteiger partial charge is 0.360 e. The summed E-state index contributed by atoms with van der Waals surface area (Å²) in [5.74, 6) is 1.01. The molecule has 102 valence electrons. The molecule has 0 aliphatic heterocycles. The molecule has 2 N–H and O–H groups in total. The Bertz CT molecular complexity index is 522. The first-order valence-corrected chi connectivity index (χ1v) is 7.82. The molecule has 0 atom stereocenters. The first-order chi connectivity index (χ1) is 9.15. The van der Waals surface area contributed by atoms with Gasteiger partial charge in [0.05, 0.1) is 11.4 Å². The number of hydrogen-bond acceptors (Lipinski definition) is 6. The highest BCUT2D eigenvalue weighted by atomic mass is 32.2. The fourth-order valence-corrected chi connectivity index (χ4v) is 2.98. The van der Waals surface area contributed by atoms with Gasteiger partial charge in [-0.15, -0.1) is 10.2 Å². The van der Waals surface area contributed by atoms with Gasteiger partial charge >= 0.3 is 0 Å². The van der Waals surface area contributed by atoms with Gasteiger partial charge in [0.15, 0.2) is 10.1 Å². The van der Waals surface area contributed by atoms with Crippen molar-refractivity contribution < 1.29 is 4.79 Å². The smallest absolute Gasteiger partial charge is 0.206 e. The number of hydrogen-bond donors (Lipinski definition) is 2. The molecule has 0 aromatic carbocycles. The molecule has 5 nitrogen and oxygen atoms in total. The van der Waals surface area contributed by atoms with E-state index in [0.717, 1.165) is 16.0 Å². The summed E-state index contributed by atoms with van der Waals surface area (Å²) >= 11 is 2.90. The van der Waals surface area contributed by atoms with E-state index < -0.39 is 0 Å². The van der Waals surface area contributed by atoms with Crippen LogP contribution in [0.2, 0.25) is 0 Å². The lowest BCUT2D eigenvalue weighted by atomic mass is 10.2. The summed E-state index contributed by atoms with van der Waals surface area (Å²) in [4.78, 5) is 14.7. The Hall–Kier alpha value is -1.34. The maximum Gasteiger partial charge on any atom is 0.206 e. The minimum absolute atomic E-state index is 0.0712. The van der Waals surface area contributed by atoms with Crippen LogP contribution >= 0.6 is 23.1 Å². The molecule has 2 aromatic heterocycles. The number of rotatable bonds is 7. The number of nitrogens with one attached hydrogen (secondary N) is 2. The molecule has 0 amide bonds. The van der Waals surface area contributed by atoms with E-state index in [2.05, 4.69) is 34.3 Å². The number of nitrogens with zero attached hydrogens (tertiary/aromatic N) is 2. The Labute approximate surface area is 120 Å². The van der Waals surface area contributed by atoms with Crippen LogP contribution in [-0.4, -0.2) is 33.3 Å². The third-order valence-electron chi connectivity index (χ3n) is 2.29. The lowest BCUT2D eigenvalue weighted by molar-refractivity contribution is 0.101. The summed E-state index contributed by atoms with van der Waals surface area (Å²) in [5, 5.41) is 12.1. The van der Waals surface area contributed by atoms with Crippen LogP contribution in [0.15, 0.2) is 22.7 Å². The normalized spacial score (nSPS) is 10.9. The fraction of sp³-hybridized carbons (Fsp3) is 0.417. The molecular formula is C12H16N4OS2. The zero-order valence-electron chi connectivity index (χ0n) is 10.8. The molecule has 19 heavy (non-hydrogen) atoms. The Morgan fingerprint density at radius 1 is 1.53 bits per heavy atom. The lowest BCUT2D eigenvalue weighted by Crippen LogP contribution is -2.07. The minimum Gasteiger partial charge on any atom is -0.360 e. The number of H-pyrrole nitrogens is 1. The topological polar surface area (TPSA) is 70.7 Å². The van der Waals surface area contributed by atoms with Gasteiger partial charge in [-0.2, -0.15) is 0 Å². The Morgan fingerprint density at radius 3 is 3.05 bits per heavy atom. The van der Waals surface area contributed by atoms with Crippen LogP contribution in [-0.2, 0) is 0 Å². The number of carbonyl (C=O) groups is 1. The second kappa shape index (κ2) is 6.72. The van der Waals surface area contributed by atoms with Crippen molar-refractivity contribution >= 4 is 34.0 Å². The summed E-state index contributed by atoms with van der Waals surface area (Å²) < 4.78 is 0.811. The van der Waals surface area contributed by atoms with E-state index in [-0.39, 0.29) is 5.78 Å².